The van der Waals surface area contributed by atoms with Crippen molar-refractivity contribution in [3.05, 3.63) is 65.9 Å². The predicted octanol–water partition coefficient (Wildman–Crippen LogP) is 4.91. The van der Waals surface area contributed by atoms with Crippen molar-refractivity contribution in [2.45, 2.75) is 19.9 Å². The highest BCUT2D eigenvalue weighted by Gasteiger charge is 2.11. The summed E-state index contributed by atoms with van der Waals surface area (Å²) in [5, 5.41) is 4.61. The van der Waals surface area contributed by atoms with Gasteiger partial charge in [0.1, 0.15) is 11.3 Å². The minimum absolute atomic E-state index is 0.147. The van der Waals surface area contributed by atoms with E-state index in [0.717, 1.165) is 22.4 Å². The van der Waals surface area contributed by atoms with E-state index in [1.165, 1.54) is 5.56 Å². The average molecular weight is 251 g/mol. The van der Waals surface area contributed by atoms with Gasteiger partial charge in [-0.25, -0.2) is 0 Å². The zero-order chi connectivity index (χ0) is 13.2. The van der Waals surface area contributed by atoms with Crippen LogP contribution >= 0.6 is 0 Å². The van der Waals surface area contributed by atoms with E-state index in [2.05, 4.69) is 55.6 Å². The summed E-state index contributed by atoms with van der Waals surface area (Å²) in [5.74, 6) is 0.961. The number of anilines is 1. The number of hydrogen-bond donors (Lipinski definition) is 1. The molecule has 2 aromatic carbocycles. The number of para-hydroxylation sites is 1. The highest BCUT2D eigenvalue weighted by molar-refractivity contribution is 5.77. The lowest BCUT2D eigenvalue weighted by Gasteiger charge is -2.13. The Kier molecular flexibility index (Phi) is 3.00. The van der Waals surface area contributed by atoms with Crippen LogP contribution in [-0.4, -0.2) is 0 Å². The van der Waals surface area contributed by atoms with Gasteiger partial charge in [0.05, 0.1) is 6.04 Å². The Balaban J connectivity index is 1.85. The number of furan rings is 1. The molecule has 1 unspecified atom stereocenters. The van der Waals surface area contributed by atoms with Gasteiger partial charge in [0.2, 0.25) is 0 Å². The Morgan fingerprint density at radius 3 is 2.63 bits per heavy atom. The summed E-state index contributed by atoms with van der Waals surface area (Å²) in [4.78, 5) is 0. The molecule has 3 rings (SSSR count). The molecule has 1 atom stereocenters. The average Bonchev–Trinajstić information content (AvgIpc) is 2.82. The molecule has 0 aliphatic carbocycles. The molecule has 1 heterocycles. The summed E-state index contributed by atoms with van der Waals surface area (Å²) in [6, 6.07) is 18.7. The van der Waals surface area contributed by atoms with E-state index >= 15 is 0 Å². The molecular formula is C17H17NO. The number of hydrogen-bond acceptors (Lipinski definition) is 2. The van der Waals surface area contributed by atoms with Gasteiger partial charge < -0.3 is 9.73 Å². The maximum Gasteiger partial charge on any atom is 0.134 e. The summed E-state index contributed by atoms with van der Waals surface area (Å²) >= 11 is 0. The van der Waals surface area contributed by atoms with E-state index in [1.807, 2.05) is 18.2 Å². The third-order valence-corrected chi connectivity index (χ3v) is 3.27. The second kappa shape index (κ2) is 4.81. The SMILES string of the molecule is Cc1cccc(NC(C)c2cc3ccccc3o2)c1. The molecule has 0 aliphatic rings. The third-order valence-electron chi connectivity index (χ3n) is 3.27. The molecule has 0 bridgehead atoms. The Hall–Kier alpha value is -2.22. The van der Waals surface area contributed by atoms with E-state index in [0.29, 0.717) is 0 Å². The van der Waals surface area contributed by atoms with Crippen LogP contribution in [0.5, 0.6) is 0 Å². The van der Waals surface area contributed by atoms with Crippen molar-refractivity contribution in [2.75, 3.05) is 5.32 Å². The molecular weight excluding hydrogens is 234 g/mol. The molecule has 3 aromatic rings. The van der Waals surface area contributed by atoms with Crippen LogP contribution in [0.4, 0.5) is 5.69 Å². The molecule has 2 heteroatoms. The van der Waals surface area contributed by atoms with Gasteiger partial charge in [-0.2, -0.15) is 0 Å². The molecule has 96 valence electrons. The van der Waals surface area contributed by atoms with Gasteiger partial charge in [0.25, 0.3) is 0 Å². The maximum atomic E-state index is 5.87. The normalized spacial score (nSPS) is 12.5. The number of nitrogens with one attached hydrogen (secondary N) is 1. The van der Waals surface area contributed by atoms with Crippen molar-refractivity contribution in [1.29, 1.82) is 0 Å². The minimum Gasteiger partial charge on any atom is -0.459 e. The van der Waals surface area contributed by atoms with Crippen LogP contribution in [-0.2, 0) is 0 Å². The van der Waals surface area contributed by atoms with Crippen molar-refractivity contribution < 1.29 is 4.42 Å². The summed E-state index contributed by atoms with van der Waals surface area (Å²) in [6.45, 7) is 4.21. The first-order valence-electron chi connectivity index (χ1n) is 6.54. The summed E-state index contributed by atoms with van der Waals surface area (Å²) in [7, 11) is 0. The number of benzene rings is 2. The van der Waals surface area contributed by atoms with E-state index in [4.69, 9.17) is 4.42 Å². The highest BCUT2D eigenvalue weighted by atomic mass is 16.3. The molecule has 0 amide bonds. The fourth-order valence-electron chi connectivity index (χ4n) is 2.27. The van der Waals surface area contributed by atoms with Crippen molar-refractivity contribution in [3.63, 3.8) is 0 Å². The third kappa shape index (κ3) is 2.48. The molecule has 0 aliphatic heterocycles. The first kappa shape index (κ1) is 11.8. The second-order valence-corrected chi connectivity index (χ2v) is 4.92. The Bertz CT molecular complexity index is 666. The van der Waals surface area contributed by atoms with Gasteiger partial charge in [0.15, 0.2) is 0 Å². The van der Waals surface area contributed by atoms with Gasteiger partial charge in [-0.1, -0.05) is 30.3 Å². The molecule has 0 saturated carbocycles. The molecule has 2 nitrogen and oxygen atoms in total. The predicted molar refractivity (Wildman–Crippen MR) is 79.4 cm³/mol. The number of aryl methyl sites for hydroxylation is 1. The molecule has 0 fully saturated rings. The van der Waals surface area contributed by atoms with Crippen molar-refractivity contribution in [2.24, 2.45) is 0 Å². The van der Waals surface area contributed by atoms with Gasteiger partial charge in [-0.15, -0.1) is 0 Å². The number of rotatable bonds is 3. The standard InChI is InChI=1S/C17H17NO/c1-12-6-5-8-15(10-12)18-13(2)17-11-14-7-3-4-9-16(14)19-17/h3-11,13,18H,1-2H3. The monoisotopic (exact) mass is 251 g/mol. The maximum absolute atomic E-state index is 5.87. The van der Waals surface area contributed by atoms with Gasteiger partial charge in [-0.05, 0) is 43.7 Å². The Morgan fingerprint density at radius 2 is 1.84 bits per heavy atom. The minimum atomic E-state index is 0.147. The largest absolute Gasteiger partial charge is 0.459 e. The lowest BCUT2D eigenvalue weighted by molar-refractivity contribution is 0.526. The van der Waals surface area contributed by atoms with Crippen molar-refractivity contribution in [1.82, 2.24) is 0 Å². The summed E-state index contributed by atoms with van der Waals surface area (Å²) in [6.07, 6.45) is 0. The summed E-state index contributed by atoms with van der Waals surface area (Å²) < 4.78 is 5.87. The lowest BCUT2D eigenvalue weighted by Crippen LogP contribution is -2.05. The van der Waals surface area contributed by atoms with Crippen LogP contribution in [0, 0.1) is 6.92 Å². The van der Waals surface area contributed by atoms with Crippen molar-refractivity contribution >= 4 is 16.7 Å². The molecule has 1 aromatic heterocycles. The van der Waals surface area contributed by atoms with Gasteiger partial charge >= 0.3 is 0 Å². The number of fused-ring (bicyclic) bond motifs is 1. The van der Waals surface area contributed by atoms with Gasteiger partial charge in [-0.3, -0.25) is 0 Å². The van der Waals surface area contributed by atoms with Crippen LogP contribution in [0.15, 0.2) is 59.0 Å². The van der Waals surface area contributed by atoms with E-state index in [-0.39, 0.29) is 6.04 Å². The van der Waals surface area contributed by atoms with Gasteiger partial charge in [0, 0.05) is 11.1 Å². The van der Waals surface area contributed by atoms with Crippen LogP contribution in [0.1, 0.15) is 24.3 Å². The van der Waals surface area contributed by atoms with Crippen molar-refractivity contribution in [3.8, 4) is 0 Å². The first-order valence-corrected chi connectivity index (χ1v) is 6.54. The van der Waals surface area contributed by atoms with E-state index < -0.39 is 0 Å². The zero-order valence-electron chi connectivity index (χ0n) is 11.2. The molecule has 0 spiro atoms. The van der Waals surface area contributed by atoms with Crippen LogP contribution in [0.3, 0.4) is 0 Å². The quantitative estimate of drug-likeness (QED) is 0.715. The molecule has 19 heavy (non-hydrogen) atoms. The Morgan fingerprint density at radius 1 is 1.00 bits per heavy atom. The Labute approximate surface area is 113 Å². The van der Waals surface area contributed by atoms with E-state index in [1.54, 1.807) is 0 Å². The molecule has 1 N–H and O–H groups in total. The summed E-state index contributed by atoms with van der Waals surface area (Å²) in [5.41, 5.74) is 3.31. The second-order valence-electron chi connectivity index (χ2n) is 4.92. The van der Waals surface area contributed by atoms with Crippen LogP contribution in [0.25, 0.3) is 11.0 Å². The first-order chi connectivity index (χ1) is 9.22. The smallest absolute Gasteiger partial charge is 0.134 e. The molecule has 0 saturated heterocycles. The molecule has 0 radical (unpaired) electrons. The zero-order valence-corrected chi connectivity index (χ0v) is 11.2. The fourth-order valence-corrected chi connectivity index (χ4v) is 2.27. The fraction of sp³-hybridized carbons (Fsp3) is 0.176. The van der Waals surface area contributed by atoms with Crippen LogP contribution in [0.2, 0.25) is 0 Å². The van der Waals surface area contributed by atoms with E-state index in [9.17, 15) is 0 Å². The highest BCUT2D eigenvalue weighted by Crippen LogP contribution is 2.26. The van der Waals surface area contributed by atoms with Crippen LogP contribution < -0.4 is 5.32 Å². The topological polar surface area (TPSA) is 25.2 Å². The lowest BCUT2D eigenvalue weighted by atomic mass is 10.2.